The van der Waals surface area contributed by atoms with E-state index in [1.165, 1.54) is 18.0 Å². The van der Waals surface area contributed by atoms with Crippen LogP contribution in [-0.2, 0) is 4.79 Å². The molecule has 2 amide bonds. The molecule has 1 fully saturated rings. The number of nitrogens with zero attached hydrogens (tertiary/aromatic N) is 5. The van der Waals surface area contributed by atoms with Gasteiger partial charge in [0.25, 0.3) is 5.91 Å². The smallest absolute Gasteiger partial charge is 0.289 e. The van der Waals surface area contributed by atoms with Crippen molar-refractivity contribution in [1.29, 1.82) is 0 Å². The lowest BCUT2D eigenvalue weighted by molar-refractivity contribution is -0.130. The number of carbonyl (C=O) groups excluding carboxylic acids is 2. The van der Waals surface area contributed by atoms with E-state index in [0.717, 1.165) is 22.6 Å². The summed E-state index contributed by atoms with van der Waals surface area (Å²) >= 11 is 1.35. The standard InChI is InChI=1S/C28H29N5O4S/c1-19-6-8-21(9-7-19)26-29-30-28(33(26)22-10-12-23(36-3)13-11-22)38-18-25(34)31-14-15-32(20(2)17-31)27(35)24-5-4-16-37-24/h4-13,16,20H,14-15,17-18H2,1-3H3. The summed E-state index contributed by atoms with van der Waals surface area (Å²) in [5, 5.41) is 9.54. The van der Waals surface area contributed by atoms with Crippen LogP contribution >= 0.6 is 11.8 Å². The lowest BCUT2D eigenvalue weighted by Gasteiger charge is -2.39. The highest BCUT2D eigenvalue weighted by Gasteiger charge is 2.31. The fraction of sp³-hybridized carbons (Fsp3) is 0.286. The average molecular weight is 532 g/mol. The summed E-state index contributed by atoms with van der Waals surface area (Å²) in [5.74, 6) is 1.81. The number of benzene rings is 2. The number of hydrogen-bond acceptors (Lipinski definition) is 7. The number of aryl methyl sites for hydroxylation is 1. The van der Waals surface area contributed by atoms with Gasteiger partial charge in [0.1, 0.15) is 5.75 Å². The molecule has 10 heteroatoms. The van der Waals surface area contributed by atoms with Gasteiger partial charge in [-0.05, 0) is 50.2 Å². The molecule has 0 saturated carbocycles. The molecule has 3 heterocycles. The van der Waals surface area contributed by atoms with Crippen molar-refractivity contribution in [1.82, 2.24) is 24.6 Å². The van der Waals surface area contributed by atoms with Crippen LogP contribution < -0.4 is 4.74 Å². The van der Waals surface area contributed by atoms with Crippen LogP contribution in [0.25, 0.3) is 17.1 Å². The quantitative estimate of drug-likeness (QED) is 0.328. The summed E-state index contributed by atoms with van der Waals surface area (Å²) in [7, 11) is 1.63. The molecule has 1 aliphatic heterocycles. The highest BCUT2D eigenvalue weighted by Crippen LogP contribution is 2.29. The summed E-state index contributed by atoms with van der Waals surface area (Å²) < 4.78 is 12.5. The van der Waals surface area contributed by atoms with Gasteiger partial charge >= 0.3 is 0 Å². The molecule has 38 heavy (non-hydrogen) atoms. The highest BCUT2D eigenvalue weighted by atomic mass is 32.2. The number of hydrogen-bond donors (Lipinski definition) is 0. The van der Waals surface area contributed by atoms with Crippen molar-refractivity contribution < 1.29 is 18.7 Å². The van der Waals surface area contributed by atoms with Crippen LogP contribution in [-0.4, -0.2) is 74.9 Å². The maximum Gasteiger partial charge on any atom is 0.289 e. The normalized spacial score (nSPS) is 15.5. The van der Waals surface area contributed by atoms with Crippen LogP contribution in [0.15, 0.2) is 76.5 Å². The summed E-state index contributed by atoms with van der Waals surface area (Å²) in [4.78, 5) is 29.4. The monoisotopic (exact) mass is 531 g/mol. The maximum absolute atomic E-state index is 13.2. The number of thioether (sulfide) groups is 1. The molecule has 2 aromatic heterocycles. The van der Waals surface area contributed by atoms with Crippen molar-refractivity contribution in [3.8, 4) is 22.8 Å². The summed E-state index contributed by atoms with van der Waals surface area (Å²) in [6.45, 7) is 5.37. The third kappa shape index (κ3) is 5.31. The Balaban J connectivity index is 1.31. The lowest BCUT2D eigenvalue weighted by atomic mass is 10.1. The summed E-state index contributed by atoms with van der Waals surface area (Å²) in [6, 6.07) is 19.0. The van der Waals surface area contributed by atoms with Gasteiger partial charge < -0.3 is 19.0 Å². The van der Waals surface area contributed by atoms with E-state index in [4.69, 9.17) is 9.15 Å². The van der Waals surface area contributed by atoms with Crippen LogP contribution in [0.5, 0.6) is 5.75 Å². The fourth-order valence-corrected chi connectivity index (χ4v) is 5.32. The molecule has 196 valence electrons. The second kappa shape index (κ2) is 11.1. The summed E-state index contributed by atoms with van der Waals surface area (Å²) in [6.07, 6.45) is 1.49. The SMILES string of the molecule is COc1ccc(-n2c(SCC(=O)N3CCN(C(=O)c4ccco4)C(C)C3)nnc2-c2ccc(C)cc2)cc1. The van der Waals surface area contributed by atoms with Crippen molar-refractivity contribution >= 4 is 23.6 Å². The Morgan fingerprint density at radius 2 is 1.82 bits per heavy atom. The number of aromatic nitrogens is 3. The Labute approximate surface area is 225 Å². The van der Waals surface area contributed by atoms with Crippen LogP contribution in [0.4, 0.5) is 0 Å². The van der Waals surface area contributed by atoms with E-state index < -0.39 is 0 Å². The zero-order valence-electron chi connectivity index (χ0n) is 21.5. The first-order valence-corrected chi connectivity index (χ1v) is 13.3. The van der Waals surface area contributed by atoms with E-state index in [-0.39, 0.29) is 23.6 Å². The van der Waals surface area contributed by atoms with Crippen molar-refractivity contribution in [2.24, 2.45) is 0 Å². The van der Waals surface area contributed by atoms with E-state index >= 15 is 0 Å². The molecule has 0 aliphatic carbocycles. The first-order chi connectivity index (χ1) is 18.4. The number of furan rings is 1. The van der Waals surface area contributed by atoms with Gasteiger partial charge in [-0.3, -0.25) is 14.2 Å². The van der Waals surface area contributed by atoms with E-state index in [0.29, 0.717) is 36.4 Å². The topological polar surface area (TPSA) is 93.7 Å². The van der Waals surface area contributed by atoms with E-state index in [9.17, 15) is 9.59 Å². The number of ether oxygens (including phenoxy) is 1. The predicted molar refractivity (Wildman–Crippen MR) is 145 cm³/mol. The van der Waals surface area contributed by atoms with Crippen LogP contribution in [0.1, 0.15) is 23.0 Å². The molecule has 0 bridgehead atoms. The average Bonchev–Trinajstić information content (AvgIpc) is 3.63. The van der Waals surface area contributed by atoms with Gasteiger partial charge in [-0.2, -0.15) is 0 Å². The van der Waals surface area contributed by atoms with Crippen LogP contribution in [0.2, 0.25) is 0 Å². The van der Waals surface area contributed by atoms with Gasteiger partial charge in [0.15, 0.2) is 16.7 Å². The molecule has 4 aromatic rings. The molecule has 2 aromatic carbocycles. The molecule has 5 rings (SSSR count). The third-order valence-electron chi connectivity index (χ3n) is 6.57. The van der Waals surface area contributed by atoms with Crippen molar-refractivity contribution in [3.05, 3.63) is 78.3 Å². The van der Waals surface area contributed by atoms with E-state index in [2.05, 4.69) is 10.2 Å². The molecule has 9 nitrogen and oxygen atoms in total. The Morgan fingerprint density at radius 1 is 1.05 bits per heavy atom. The maximum atomic E-state index is 13.2. The number of carbonyl (C=O) groups is 2. The third-order valence-corrected chi connectivity index (χ3v) is 7.49. The van der Waals surface area contributed by atoms with Crippen LogP contribution in [0, 0.1) is 6.92 Å². The van der Waals surface area contributed by atoms with Gasteiger partial charge in [0.05, 0.1) is 19.1 Å². The molecule has 0 N–H and O–H groups in total. The minimum absolute atomic E-state index is 0.00638. The Kier molecular flexibility index (Phi) is 7.50. The Hall–Kier alpha value is -4.05. The van der Waals surface area contributed by atoms with E-state index in [1.807, 2.05) is 66.9 Å². The fourth-order valence-electron chi connectivity index (χ4n) is 4.46. The lowest BCUT2D eigenvalue weighted by Crippen LogP contribution is -2.55. The predicted octanol–water partition coefficient (Wildman–Crippen LogP) is 4.31. The second-order valence-corrected chi connectivity index (χ2v) is 10.1. The molecule has 1 saturated heterocycles. The van der Waals surface area contributed by atoms with Crippen molar-refractivity contribution in [2.45, 2.75) is 25.0 Å². The molecule has 1 unspecified atom stereocenters. The second-order valence-electron chi connectivity index (χ2n) is 9.16. The zero-order valence-corrected chi connectivity index (χ0v) is 22.4. The highest BCUT2D eigenvalue weighted by molar-refractivity contribution is 7.99. The minimum Gasteiger partial charge on any atom is -0.497 e. The van der Waals surface area contributed by atoms with Gasteiger partial charge in [-0.1, -0.05) is 41.6 Å². The van der Waals surface area contributed by atoms with Crippen molar-refractivity contribution in [3.63, 3.8) is 0 Å². The van der Waals surface area contributed by atoms with Gasteiger partial charge in [0.2, 0.25) is 5.91 Å². The molecular weight excluding hydrogens is 502 g/mol. The Bertz CT molecular complexity index is 1400. The number of rotatable bonds is 7. The number of piperazine rings is 1. The van der Waals surface area contributed by atoms with Gasteiger partial charge in [-0.15, -0.1) is 10.2 Å². The van der Waals surface area contributed by atoms with Crippen molar-refractivity contribution in [2.75, 3.05) is 32.5 Å². The molecule has 0 radical (unpaired) electrons. The first-order valence-electron chi connectivity index (χ1n) is 12.4. The molecule has 1 aliphatic rings. The number of methoxy groups -OCH3 is 1. The molecule has 1 atom stereocenters. The molecule has 0 spiro atoms. The largest absolute Gasteiger partial charge is 0.497 e. The Morgan fingerprint density at radius 3 is 2.47 bits per heavy atom. The summed E-state index contributed by atoms with van der Waals surface area (Å²) in [5.41, 5.74) is 2.97. The zero-order chi connectivity index (χ0) is 26.6. The van der Waals surface area contributed by atoms with Gasteiger partial charge in [-0.25, -0.2) is 0 Å². The van der Waals surface area contributed by atoms with E-state index in [1.54, 1.807) is 29.0 Å². The minimum atomic E-state index is -0.153. The molecular formula is C28H29N5O4S. The van der Waals surface area contributed by atoms with Crippen LogP contribution in [0.3, 0.4) is 0 Å². The number of amides is 2. The van der Waals surface area contributed by atoms with Gasteiger partial charge in [0, 0.05) is 36.9 Å². The first kappa shape index (κ1) is 25.6.